The maximum atomic E-state index is 12.2. The molecule has 0 radical (unpaired) electrons. The van der Waals surface area contributed by atoms with Crippen LogP contribution in [0, 0.1) is 0 Å². The van der Waals surface area contributed by atoms with Crippen LogP contribution in [0.15, 0.2) is 0 Å². The molecule has 1 aliphatic rings. The lowest BCUT2D eigenvalue weighted by atomic mass is 10.1. The maximum Gasteiger partial charge on any atom is 0.326 e. The Bertz CT molecular complexity index is 388. The summed E-state index contributed by atoms with van der Waals surface area (Å²) in [6, 6.07) is -1.97. The van der Waals surface area contributed by atoms with Gasteiger partial charge in [0.2, 0.25) is 5.91 Å². The Labute approximate surface area is 123 Å². The van der Waals surface area contributed by atoms with Crippen molar-refractivity contribution in [3.63, 3.8) is 0 Å². The van der Waals surface area contributed by atoms with Gasteiger partial charge in [0.25, 0.3) is 0 Å². The quantitative estimate of drug-likeness (QED) is 0.532. The normalized spacial score (nSPS) is 20.4. The number of rotatable bonds is 6. The summed E-state index contributed by atoms with van der Waals surface area (Å²) >= 11 is 0. The molecular formula is C13H23N3O5. The zero-order valence-electron chi connectivity index (χ0n) is 12.0. The monoisotopic (exact) mass is 301 g/mol. The largest absolute Gasteiger partial charge is 0.480 e. The lowest BCUT2D eigenvalue weighted by Crippen LogP contribution is -2.52. The molecule has 0 spiro atoms. The average molecular weight is 301 g/mol. The summed E-state index contributed by atoms with van der Waals surface area (Å²) in [7, 11) is 0. The van der Waals surface area contributed by atoms with E-state index in [9.17, 15) is 19.5 Å². The molecule has 1 aliphatic heterocycles. The molecule has 1 saturated heterocycles. The Hall–Kier alpha value is -1.83. The highest BCUT2D eigenvalue weighted by molar-refractivity contribution is 5.83. The second-order valence-electron chi connectivity index (χ2n) is 5.22. The van der Waals surface area contributed by atoms with E-state index in [1.165, 1.54) is 4.90 Å². The van der Waals surface area contributed by atoms with Crippen LogP contribution in [-0.4, -0.2) is 58.3 Å². The highest BCUT2D eigenvalue weighted by Gasteiger charge is 2.28. The van der Waals surface area contributed by atoms with Crippen molar-refractivity contribution < 1.29 is 24.6 Å². The van der Waals surface area contributed by atoms with Crippen molar-refractivity contribution in [2.24, 2.45) is 5.73 Å². The smallest absolute Gasteiger partial charge is 0.326 e. The number of primary amides is 1. The van der Waals surface area contributed by atoms with E-state index in [2.05, 4.69) is 5.32 Å². The van der Waals surface area contributed by atoms with Gasteiger partial charge in [0.05, 0.1) is 12.6 Å². The fourth-order valence-corrected chi connectivity index (χ4v) is 2.41. The number of urea groups is 1. The number of hydrogen-bond donors (Lipinski definition) is 4. The van der Waals surface area contributed by atoms with Gasteiger partial charge in [-0.3, -0.25) is 4.79 Å². The van der Waals surface area contributed by atoms with E-state index in [4.69, 9.17) is 10.8 Å². The van der Waals surface area contributed by atoms with Gasteiger partial charge in [-0.05, 0) is 19.3 Å². The molecule has 3 amide bonds. The molecule has 120 valence electrons. The minimum absolute atomic E-state index is 0.0476. The molecule has 0 aliphatic carbocycles. The van der Waals surface area contributed by atoms with Gasteiger partial charge in [0.1, 0.15) is 6.04 Å². The van der Waals surface area contributed by atoms with Crippen molar-refractivity contribution in [3.05, 3.63) is 0 Å². The average Bonchev–Trinajstić information content (AvgIpc) is 2.67. The van der Waals surface area contributed by atoms with Crippen LogP contribution in [0.2, 0.25) is 0 Å². The molecule has 0 bridgehead atoms. The maximum absolute atomic E-state index is 12.2. The first-order valence-electron chi connectivity index (χ1n) is 7.14. The second-order valence-corrected chi connectivity index (χ2v) is 5.22. The molecule has 1 fully saturated rings. The summed E-state index contributed by atoms with van der Waals surface area (Å²) in [5, 5.41) is 20.8. The molecule has 0 aromatic heterocycles. The highest BCUT2D eigenvalue weighted by Crippen LogP contribution is 2.16. The van der Waals surface area contributed by atoms with Gasteiger partial charge in [-0.1, -0.05) is 12.8 Å². The number of carboxylic acid groups (broad SMARTS) is 1. The third kappa shape index (κ3) is 5.58. The molecule has 1 rings (SSSR count). The number of aliphatic hydroxyl groups excluding tert-OH is 1. The van der Waals surface area contributed by atoms with Gasteiger partial charge in [0.15, 0.2) is 0 Å². The van der Waals surface area contributed by atoms with E-state index >= 15 is 0 Å². The van der Waals surface area contributed by atoms with Crippen molar-refractivity contribution in [2.75, 3.05) is 13.2 Å². The number of aliphatic hydroxyl groups is 1. The third-order valence-corrected chi connectivity index (χ3v) is 3.62. The number of carboxylic acids is 1. The van der Waals surface area contributed by atoms with Gasteiger partial charge < -0.3 is 26.2 Å². The van der Waals surface area contributed by atoms with E-state index in [-0.39, 0.29) is 25.5 Å². The zero-order chi connectivity index (χ0) is 15.8. The van der Waals surface area contributed by atoms with Crippen molar-refractivity contribution in [2.45, 2.75) is 50.6 Å². The molecule has 5 N–H and O–H groups in total. The number of carbonyl (C=O) groups is 3. The molecule has 2 atom stereocenters. The van der Waals surface area contributed by atoms with Crippen molar-refractivity contribution in [1.82, 2.24) is 10.2 Å². The van der Waals surface area contributed by atoms with Crippen LogP contribution in [0.5, 0.6) is 0 Å². The van der Waals surface area contributed by atoms with Crippen LogP contribution >= 0.6 is 0 Å². The van der Waals surface area contributed by atoms with Gasteiger partial charge in [0, 0.05) is 13.0 Å². The molecule has 0 saturated carbocycles. The number of hydrogen-bond acceptors (Lipinski definition) is 4. The standard InChI is InChI=1S/C13H23N3O5/c14-11(18)6-5-10(12(19)20)15-13(21)16-7-3-1-2-4-9(16)8-17/h9-10,17H,1-8H2,(H2,14,18)(H,15,21)(H,19,20)/t9?,10-/m0/s1. The van der Waals surface area contributed by atoms with Crippen molar-refractivity contribution in [1.29, 1.82) is 0 Å². The minimum Gasteiger partial charge on any atom is -0.480 e. The van der Waals surface area contributed by atoms with Gasteiger partial charge in [-0.15, -0.1) is 0 Å². The summed E-state index contributed by atoms with van der Waals surface area (Å²) in [6.45, 7) is 0.339. The lowest BCUT2D eigenvalue weighted by molar-refractivity contribution is -0.139. The molecule has 1 unspecified atom stereocenters. The van der Waals surface area contributed by atoms with E-state index in [0.29, 0.717) is 13.0 Å². The predicted molar refractivity (Wildman–Crippen MR) is 74.4 cm³/mol. The molecule has 8 heteroatoms. The number of amides is 3. The summed E-state index contributed by atoms with van der Waals surface area (Å²) in [5.74, 6) is -1.82. The lowest BCUT2D eigenvalue weighted by Gasteiger charge is -2.30. The number of nitrogens with zero attached hydrogens (tertiary/aromatic N) is 1. The van der Waals surface area contributed by atoms with E-state index < -0.39 is 23.9 Å². The summed E-state index contributed by atoms with van der Waals surface area (Å²) < 4.78 is 0. The minimum atomic E-state index is -1.21. The van der Waals surface area contributed by atoms with Crippen LogP contribution in [0.4, 0.5) is 4.79 Å². The third-order valence-electron chi connectivity index (χ3n) is 3.62. The number of aliphatic carboxylic acids is 1. The first kappa shape index (κ1) is 17.2. The van der Waals surface area contributed by atoms with E-state index in [1.54, 1.807) is 0 Å². The summed E-state index contributed by atoms with van der Waals surface area (Å²) in [6.07, 6.45) is 3.27. The Balaban J connectivity index is 2.65. The fourth-order valence-electron chi connectivity index (χ4n) is 2.41. The zero-order valence-corrected chi connectivity index (χ0v) is 12.0. The Morgan fingerprint density at radius 2 is 2.00 bits per heavy atom. The first-order chi connectivity index (χ1) is 9.95. The number of carbonyl (C=O) groups excluding carboxylic acids is 2. The number of nitrogens with one attached hydrogen (secondary N) is 1. The van der Waals surface area contributed by atoms with Crippen molar-refractivity contribution in [3.8, 4) is 0 Å². The topological polar surface area (TPSA) is 133 Å². The van der Waals surface area contributed by atoms with Crippen LogP contribution in [0.1, 0.15) is 38.5 Å². The van der Waals surface area contributed by atoms with Crippen LogP contribution in [-0.2, 0) is 9.59 Å². The summed E-state index contributed by atoms with van der Waals surface area (Å²) in [4.78, 5) is 35.5. The molecule has 8 nitrogen and oxygen atoms in total. The first-order valence-corrected chi connectivity index (χ1v) is 7.14. The van der Waals surface area contributed by atoms with Crippen molar-refractivity contribution >= 4 is 17.9 Å². The van der Waals surface area contributed by atoms with Crippen LogP contribution < -0.4 is 11.1 Å². The highest BCUT2D eigenvalue weighted by atomic mass is 16.4. The Morgan fingerprint density at radius 1 is 1.29 bits per heavy atom. The number of nitrogens with two attached hydrogens (primary N) is 1. The van der Waals surface area contributed by atoms with Crippen LogP contribution in [0.3, 0.4) is 0 Å². The molecule has 1 heterocycles. The Morgan fingerprint density at radius 3 is 2.57 bits per heavy atom. The number of likely N-dealkylation sites (tertiary alicyclic amines) is 1. The second kappa shape index (κ2) is 8.46. The van der Waals surface area contributed by atoms with Gasteiger partial charge in [-0.2, -0.15) is 0 Å². The molecule has 0 aromatic rings. The Kier molecular flexibility index (Phi) is 6.93. The van der Waals surface area contributed by atoms with E-state index in [1.807, 2.05) is 0 Å². The van der Waals surface area contributed by atoms with E-state index in [0.717, 1.165) is 19.3 Å². The predicted octanol–water partition coefficient (Wildman–Crippen LogP) is -0.348. The molecule has 0 aromatic carbocycles. The van der Waals surface area contributed by atoms with Crippen LogP contribution in [0.25, 0.3) is 0 Å². The summed E-state index contributed by atoms with van der Waals surface area (Å²) in [5.41, 5.74) is 4.99. The van der Waals surface area contributed by atoms with Gasteiger partial charge in [-0.25, -0.2) is 9.59 Å². The van der Waals surface area contributed by atoms with Gasteiger partial charge >= 0.3 is 12.0 Å². The SMILES string of the molecule is NC(=O)CC[C@H](NC(=O)N1CCCCCC1CO)C(=O)O. The molecular weight excluding hydrogens is 278 g/mol. The fraction of sp³-hybridized carbons (Fsp3) is 0.769. The molecule has 21 heavy (non-hydrogen) atoms.